The van der Waals surface area contributed by atoms with Crippen LogP contribution in [0.1, 0.15) is 0 Å². The minimum Gasteiger partial charge on any atom is 0 e. The van der Waals surface area contributed by atoms with E-state index in [4.69, 9.17) is 9.79 Å². The summed E-state index contributed by atoms with van der Waals surface area (Å²) >= 11 is 0. The van der Waals surface area contributed by atoms with Gasteiger partial charge in [0, 0.05) is 26.2 Å². The Balaban J connectivity index is -0.000000180. The summed E-state index contributed by atoms with van der Waals surface area (Å²) in [5.41, 5.74) is 0. The SMILES string of the molecule is O=[PH](O)O[PH](=O)O.[BiH3].[Zr]. The average Bonchev–Trinajstić information content (AvgIpc) is 1.27. The fourth-order valence-corrected chi connectivity index (χ4v) is 0.672. The fourth-order valence-electron chi connectivity index (χ4n) is 0.0747. The van der Waals surface area contributed by atoms with E-state index in [1.54, 1.807) is 0 Å². The van der Waals surface area contributed by atoms with Crippen LogP contribution in [0.25, 0.3) is 0 Å². The van der Waals surface area contributed by atoms with Crippen molar-refractivity contribution in [2.75, 3.05) is 0 Å². The first-order chi connectivity index (χ1) is 3.13. The van der Waals surface area contributed by atoms with Crippen LogP contribution in [0.15, 0.2) is 0 Å². The summed E-state index contributed by atoms with van der Waals surface area (Å²) in [7, 11) is -6.40. The first-order valence-electron chi connectivity index (χ1n) is 1.26. The Bertz CT molecular complexity index is 91.1. The predicted molar refractivity (Wildman–Crippen MR) is 33.5 cm³/mol. The predicted octanol–water partition coefficient (Wildman–Crippen LogP) is -1.42. The number of rotatable bonds is 2. The van der Waals surface area contributed by atoms with Crippen LogP contribution in [0, 0.1) is 0 Å². The van der Waals surface area contributed by atoms with Crippen LogP contribution in [0.3, 0.4) is 0 Å². The van der Waals surface area contributed by atoms with Crippen molar-refractivity contribution >= 4 is 42.7 Å². The van der Waals surface area contributed by atoms with Gasteiger partial charge in [0.25, 0.3) is 0 Å². The Hall–Kier alpha value is 2.11. The molecular formula is H7BiO5P2Zr. The molecule has 0 bridgehead atoms. The molecule has 56 valence electrons. The molecule has 0 rings (SSSR count). The van der Waals surface area contributed by atoms with E-state index in [1.807, 2.05) is 0 Å². The van der Waals surface area contributed by atoms with Crippen molar-refractivity contribution in [1.82, 2.24) is 0 Å². The minimum atomic E-state index is -3.20. The van der Waals surface area contributed by atoms with E-state index < -0.39 is 16.5 Å². The maximum atomic E-state index is 9.44. The van der Waals surface area contributed by atoms with Gasteiger partial charge in [0.15, 0.2) is 0 Å². The van der Waals surface area contributed by atoms with Crippen LogP contribution >= 0.6 is 16.5 Å². The van der Waals surface area contributed by atoms with E-state index >= 15 is 0 Å². The third-order valence-corrected chi connectivity index (χ3v) is 1.57. The van der Waals surface area contributed by atoms with Gasteiger partial charge in [-0.2, -0.15) is 0 Å². The normalized spacial score (nSPS) is 14.4. The van der Waals surface area contributed by atoms with Gasteiger partial charge in [-0.15, -0.1) is 0 Å². The molecule has 0 aliphatic carbocycles. The summed E-state index contributed by atoms with van der Waals surface area (Å²) in [4.78, 5) is 15.4. The van der Waals surface area contributed by atoms with Crippen molar-refractivity contribution in [2.45, 2.75) is 0 Å². The van der Waals surface area contributed by atoms with Crippen LogP contribution in [0.5, 0.6) is 0 Å². The van der Waals surface area contributed by atoms with E-state index in [2.05, 4.69) is 4.31 Å². The molecule has 0 aromatic heterocycles. The monoisotopic (exact) mass is 448 g/mol. The van der Waals surface area contributed by atoms with Gasteiger partial charge in [0.05, 0.1) is 0 Å². The molecule has 0 radical (unpaired) electrons. The molecule has 0 saturated carbocycles. The standard InChI is InChI=1S/Bi.H4O5P2.Zr.3H/c;1-6(2)5-7(3)4;;;;/h;6-7H,(H,1,2)(H,3,4);;;;. The second-order valence-electron chi connectivity index (χ2n) is 0.634. The Morgan fingerprint density at radius 1 is 1.11 bits per heavy atom. The summed E-state index contributed by atoms with van der Waals surface area (Å²) in [6.45, 7) is 0. The summed E-state index contributed by atoms with van der Waals surface area (Å²) in [5.74, 6) is 0. The van der Waals surface area contributed by atoms with Crippen LogP contribution in [-0.2, 0) is 39.6 Å². The third-order valence-electron chi connectivity index (χ3n) is 0.175. The molecule has 2 N–H and O–H groups in total. The third kappa shape index (κ3) is 17.8. The zero-order valence-electron chi connectivity index (χ0n) is 4.33. The zero-order chi connectivity index (χ0) is 5.86. The molecule has 0 spiro atoms. The second-order valence-corrected chi connectivity index (χ2v) is 2.51. The van der Waals surface area contributed by atoms with Gasteiger partial charge < -0.3 is 9.79 Å². The van der Waals surface area contributed by atoms with Crippen molar-refractivity contribution in [1.29, 1.82) is 0 Å². The molecule has 2 unspecified atom stereocenters. The van der Waals surface area contributed by atoms with Gasteiger partial charge in [-0.3, -0.25) is 9.13 Å². The molecular weight excluding hydrogens is 442 g/mol. The summed E-state index contributed by atoms with van der Waals surface area (Å²) in [5, 5.41) is 0. The largest absolute Gasteiger partial charge is 0 e. The van der Waals surface area contributed by atoms with E-state index in [1.165, 1.54) is 0 Å². The first kappa shape index (κ1) is 17.3. The van der Waals surface area contributed by atoms with Crippen molar-refractivity contribution in [3.8, 4) is 0 Å². The molecule has 9 heavy (non-hydrogen) atoms. The molecule has 0 saturated heterocycles. The zero-order valence-corrected chi connectivity index (χ0v) is 14.3. The average molecular weight is 449 g/mol. The summed E-state index contributed by atoms with van der Waals surface area (Å²) in [6.07, 6.45) is 0. The maximum absolute atomic E-state index is 9.44. The molecule has 0 heterocycles. The minimum absolute atomic E-state index is 0. The van der Waals surface area contributed by atoms with Gasteiger partial charge in [-0.25, -0.2) is 4.31 Å². The quantitative estimate of drug-likeness (QED) is 0.400. The van der Waals surface area contributed by atoms with Crippen molar-refractivity contribution in [3.05, 3.63) is 0 Å². The molecule has 2 atom stereocenters. The maximum Gasteiger partial charge on any atom is 0 e. The van der Waals surface area contributed by atoms with E-state index in [9.17, 15) is 9.13 Å². The van der Waals surface area contributed by atoms with E-state index in [0.717, 1.165) is 0 Å². The summed E-state index contributed by atoms with van der Waals surface area (Å²) < 4.78 is 22.3. The number of hydrogen-bond acceptors (Lipinski definition) is 3. The molecule has 0 amide bonds. The Kier molecular flexibility index (Phi) is 19.4. The van der Waals surface area contributed by atoms with Gasteiger partial charge in [-0.05, 0) is 0 Å². The topological polar surface area (TPSA) is 83.8 Å². The molecule has 9 heteroatoms. The fraction of sp³-hybridized carbons (Fsp3) is 0. The molecule has 5 nitrogen and oxygen atoms in total. The molecule has 0 aliphatic rings. The Morgan fingerprint density at radius 3 is 1.33 bits per heavy atom. The van der Waals surface area contributed by atoms with Gasteiger partial charge >= 0.3 is 42.7 Å². The Labute approximate surface area is 91.3 Å². The van der Waals surface area contributed by atoms with Crippen molar-refractivity contribution < 1.29 is 49.4 Å². The van der Waals surface area contributed by atoms with Crippen LogP contribution in [0.4, 0.5) is 0 Å². The first-order valence-corrected chi connectivity index (χ1v) is 3.79. The molecule has 0 aromatic carbocycles. The summed E-state index contributed by atoms with van der Waals surface area (Å²) in [6, 6.07) is 0. The molecule has 0 aliphatic heterocycles. The van der Waals surface area contributed by atoms with Gasteiger partial charge in [0.1, 0.15) is 0 Å². The van der Waals surface area contributed by atoms with Crippen LogP contribution in [-0.4, -0.2) is 36.0 Å². The Morgan fingerprint density at radius 2 is 1.33 bits per heavy atom. The number of hydrogen-bond donors (Lipinski definition) is 2. The smallest absolute Gasteiger partial charge is 0 e. The van der Waals surface area contributed by atoms with Crippen molar-refractivity contribution in [2.24, 2.45) is 0 Å². The van der Waals surface area contributed by atoms with E-state index in [-0.39, 0.29) is 52.4 Å². The second kappa shape index (κ2) is 10.1. The van der Waals surface area contributed by atoms with Gasteiger partial charge in [-0.1, -0.05) is 0 Å². The van der Waals surface area contributed by atoms with Crippen LogP contribution < -0.4 is 0 Å². The molecule has 0 aromatic rings. The van der Waals surface area contributed by atoms with Crippen molar-refractivity contribution in [3.63, 3.8) is 0 Å². The van der Waals surface area contributed by atoms with Crippen LogP contribution in [0.2, 0.25) is 0 Å². The van der Waals surface area contributed by atoms with E-state index in [0.29, 0.717) is 0 Å². The molecule has 0 fully saturated rings. The van der Waals surface area contributed by atoms with Gasteiger partial charge in [0.2, 0.25) is 0 Å².